The lowest BCUT2D eigenvalue weighted by Gasteiger charge is -2.14. The molecule has 1 atom stereocenters. The Morgan fingerprint density at radius 3 is 2.94 bits per heavy atom. The van der Waals surface area contributed by atoms with E-state index in [0.717, 1.165) is 16.6 Å². The van der Waals surface area contributed by atoms with E-state index in [0.29, 0.717) is 12.6 Å². The highest BCUT2D eigenvalue weighted by Crippen LogP contribution is 2.24. The summed E-state index contributed by atoms with van der Waals surface area (Å²) in [4.78, 5) is 16.0. The van der Waals surface area contributed by atoms with Crippen molar-refractivity contribution < 1.29 is 9.53 Å². The highest BCUT2D eigenvalue weighted by atomic mass is 16.5. The molecule has 5 heteroatoms. The molecule has 2 aromatic rings. The van der Waals surface area contributed by atoms with Crippen LogP contribution in [0.2, 0.25) is 0 Å². The first kappa shape index (κ1) is 12.4. The fourth-order valence-corrected chi connectivity index (χ4v) is 2.00. The van der Waals surface area contributed by atoms with E-state index in [1.807, 2.05) is 25.1 Å². The van der Waals surface area contributed by atoms with Crippen LogP contribution in [0.25, 0.3) is 11.0 Å². The molecule has 0 aliphatic heterocycles. The van der Waals surface area contributed by atoms with Crippen LogP contribution < -0.4 is 5.73 Å². The number of fused-ring (bicyclic) bond motifs is 1. The first-order valence-electron chi connectivity index (χ1n) is 5.95. The second-order valence-corrected chi connectivity index (χ2v) is 4.26. The maximum Gasteiger partial charge on any atom is 0.328 e. The second kappa shape index (κ2) is 4.68. The van der Waals surface area contributed by atoms with Gasteiger partial charge in [0.2, 0.25) is 5.95 Å². The van der Waals surface area contributed by atoms with Crippen molar-refractivity contribution in [1.82, 2.24) is 9.55 Å². The number of nitrogen functional groups attached to an aromatic ring is 1. The van der Waals surface area contributed by atoms with Gasteiger partial charge in [-0.05, 0) is 38.5 Å². The molecule has 96 valence electrons. The Morgan fingerprint density at radius 2 is 2.28 bits per heavy atom. The summed E-state index contributed by atoms with van der Waals surface area (Å²) in [5, 5.41) is 0. The van der Waals surface area contributed by atoms with E-state index in [1.165, 1.54) is 0 Å². The third-order valence-electron chi connectivity index (χ3n) is 2.89. The Labute approximate surface area is 106 Å². The van der Waals surface area contributed by atoms with Crippen LogP contribution in [0.5, 0.6) is 0 Å². The first-order chi connectivity index (χ1) is 8.54. The van der Waals surface area contributed by atoms with Gasteiger partial charge in [-0.25, -0.2) is 9.78 Å². The van der Waals surface area contributed by atoms with Crippen molar-refractivity contribution >= 4 is 23.0 Å². The largest absolute Gasteiger partial charge is 0.464 e. The molecular formula is C13H17N3O2. The van der Waals surface area contributed by atoms with Crippen LogP contribution in [0, 0.1) is 6.92 Å². The van der Waals surface area contributed by atoms with Gasteiger partial charge in [0.1, 0.15) is 6.04 Å². The monoisotopic (exact) mass is 247 g/mol. The summed E-state index contributed by atoms with van der Waals surface area (Å²) in [6.45, 7) is 5.89. The van der Waals surface area contributed by atoms with Crippen molar-refractivity contribution in [2.45, 2.75) is 26.8 Å². The van der Waals surface area contributed by atoms with Crippen molar-refractivity contribution in [2.24, 2.45) is 0 Å². The minimum absolute atomic E-state index is 0.301. The van der Waals surface area contributed by atoms with Gasteiger partial charge in [-0.1, -0.05) is 6.07 Å². The first-order valence-corrected chi connectivity index (χ1v) is 5.95. The van der Waals surface area contributed by atoms with Crippen LogP contribution in [0.15, 0.2) is 18.2 Å². The predicted octanol–water partition coefficient (Wildman–Crippen LogP) is 2.05. The minimum atomic E-state index is -0.475. The van der Waals surface area contributed by atoms with Crippen molar-refractivity contribution in [1.29, 1.82) is 0 Å². The number of ether oxygens (including phenoxy) is 1. The highest BCUT2D eigenvalue weighted by Gasteiger charge is 2.21. The molecule has 5 nitrogen and oxygen atoms in total. The summed E-state index contributed by atoms with van der Waals surface area (Å²) in [6.07, 6.45) is 0. The SMILES string of the molecule is CCOC(=O)C(C)n1c(N)nc2ccc(C)cc21. The van der Waals surface area contributed by atoms with E-state index in [2.05, 4.69) is 4.98 Å². The van der Waals surface area contributed by atoms with Gasteiger partial charge in [-0.3, -0.25) is 4.57 Å². The third kappa shape index (κ3) is 2.03. The number of rotatable bonds is 3. The number of nitrogens with two attached hydrogens (primary N) is 1. The van der Waals surface area contributed by atoms with Gasteiger partial charge in [0, 0.05) is 0 Å². The molecule has 0 fully saturated rings. The van der Waals surface area contributed by atoms with Crippen LogP contribution in [0.1, 0.15) is 25.5 Å². The van der Waals surface area contributed by atoms with Crippen LogP contribution >= 0.6 is 0 Å². The standard InChI is InChI=1S/C13H17N3O2/c1-4-18-12(17)9(3)16-11-7-8(2)5-6-10(11)15-13(16)14/h5-7,9H,4H2,1-3H3,(H2,14,15). The summed E-state index contributed by atoms with van der Waals surface area (Å²) in [7, 11) is 0. The van der Waals surface area contributed by atoms with Crippen LogP contribution in [-0.2, 0) is 9.53 Å². The molecular weight excluding hydrogens is 230 g/mol. The number of esters is 1. The molecule has 0 saturated carbocycles. The molecule has 0 bridgehead atoms. The number of hydrogen-bond donors (Lipinski definition) is 1. The van der Waals surface area contributed by atoms with Gasteiger partial charge in [-0.15, -0.1) is 0 Å². The van der Waals surface area contributed by atoms with Gasteiger partial charge in [0.15, 0.2) is 0 Å². The summed E-state index contributed by atoms with van der Waals surface area (Å²) in [6, 6.07) is 5.36. The Kier molecular flexibility index (Phi) is 3.23. The molecule has 2 N–H and O–H groups in total. The fourth-order valence-electron chi connectivity index (χ4n) is 2.00. The van der Waals surface area contributed by atoms with E-state index in [-0.39, 0.29) is 5.97 Å². The number of carbonyl (C=O) groups is 1. The second-order valence-electron chi connectivity index (χ2n) is 4.26. The van der Waals surface area contributed by atoms with Gasteiger partial charge >= 0.3 is 5.97 Å². The lowest BCUT2D eigenvalue weighted by Crippen LogP contribution is -2.20. The van der Waals surface area contributed by atoms with Crippen molar-refractivity contribution in [2.75, 3.05) is 12.3 Å². The number of anilines is 1. The molecule has 0 aliphatic rings. The van der Waals surface area contributed by atoms with Crippen molar-refractivity contribution in [3.63, 3.8) is 0 Å². The third-order valence-corrected chi connectivity index (χ3v) is 2.89. The lowest BCUT2D eigenvalue weighted by molar-refractivity contribution is -0.146. The van der Waals surface area contributed by atoms with E-state index < -0.39 is 6.04 Å². The average molecular weight is 247 g/mol. The number of benzene rings is 1. The number of carbonyl (C=O) groups excluding carboxylic acids is 1. The molecule has 18 heavy (non-hydrogen) atoms. The van der Waals surface area contributed by atoms with E-state index >= 15 is 0 Å². The average Bonchev–Trinajstić information content (AvgIpc) is 2.64. The van der Waals surface area contributed by atoms with E-state index in [9.17, 15) is 4.79 Å². The Morgan fingerprint density at radius 1 is 1.56 bits per heavy atom. The van der Waals surface area contributed by atoms with Crippen molar-refractivity contribution in [3.05, 3.63) is 23.8 Å². The van der Waals surface area contributed by atoms with Gasteiger partial charge in [0.05, 0.1) is 17.6 Å². The number of nitrogens with zero attached hydrogens (tertiary/aromatic N) is 2. The Balaban J connectivity index is 2.52. The van der Waals surface area contributed by atoms with Crippen LogP contribution in [-0.4, -0.2) is 22.1 Å². The normalized spacial score (nSPS) is 12.6. The Bertz CT molecular complexity index is 589. The maximum absolute atomic E-state index is 11.8. The molecule has 2 rings (SSSR count). The zero-order chi connectivity index (χ0) is 13.3. The molecule has 1 aromatic heterocycles. The fraction of sp³-hybridized carbons (Fsp3) is 0.385. The molecule has 0 radical (unpaired) electrons. The maximum atomic E-state index is 11.8. The number of aromatic nitrogens is 2. The van der Waals surface area contributed by atoms with E-state index in [1.54, 1.807) is 18.4 Å². The summed E-state index contributed by atoms with van der Waals surface area (Å²) in [5.41, 5.74) is 8.62. The van der Waals surface area contributed by atoms with Crippen LogP contribution in [0.3, 0.4) is 0 Å². The van der Waals surface area contributed by atoms with Crippen LogP contribution in [0.4, 0.5) is 5.95 Å². The molecule has 1 unspecified atom stereocenters. The quantitative estimate of drug-likeness (QED) is 0.843. The summed E-state index contributed by atoms with van der Waals surface area (Å²) >= 11 is 0. The number of imidazole rings is 1. The Hall–Kier alpha value is -2.04. The molecule has 0 amide bonds. The molecule has 0 saturated heterocycles. The minimum Gasteiger partial charge on any atom is -0.464 e. The summed E-state index contributed by atoms with van der Waals surface area (Å²) < 4.78 is 6.73. The number of aryl methyl sites for hydroxylation is 1. The zero-order valence-corrected chi connectivity index (χ0v) is 10.8. The molecule has 0 aliphatic carbocycles. The highest BCUT2D eigenvalue weighted by molar-refractivity contribution is 5.83. The molecule has 1 heterocycles. The predicted molar refractivity (Wildman–Crippen MR) is 70.2 cm³/mol. The number of hydrogen-bond acceptors (Lipinski definition) is 4. The van der Waals surface area contributed by atoms with E-state index in [4.69, 9.17) is 10.5 Å². The van der Waals surface area contributed by atoms with Gasteiger partial charge in [0.25, 0.3) is 0 Å². The topological polar surface area (TPSA) is 70.1 Å². The summed E-state index contributed by atoms with van der Waals surface area (Å²) in [5.74, 6) is 0.0289. The molecule has 0 spiro atoms. The smallest absolute Gasteiger partial charge is 0.328 e. The lowest BCUT2D eigenvalue weighted by atomic mass is 10.2. The zero-order valence-electron chi connectivity index (χ0n) is 10.8. The van der Waals surface area contributed by atoms with Crippen molar-refractivity contribution in [3.8, 4) is 0 Å². The molecule has 1 aromatic carbocycles. The van der Waals surface area contributed by atoms with Gasteiger partial charge < -0.3 is 10.5 Å². The van der Waals surface area contributed by atoms with Gasteiger partial charge in [-0.2, -0.15) is 0 Å².